The molecule has 0 spiro atoms. The second-order valence-corrected chi connectivity index (χ2v) is 9.56. The Balaban J connectivity index is 1.78. The fraction of sp³-hybridized carbons (Fsp3) is 0.444. The van der Waals surface area contributed by atoms with E-state index in [1.807, 2.05) is 26.8 Å². The van der Waals surface area contributed by atoms with Crippen molar-refractivity contribution in [1.29, 1.82) is 0 Å². The number of amides is 2. The van der Waals surface area contributed by atoms with Crippen LogP contribution >= 0.6 is 0 Å². The van der Waals surface area contributed by atoms with Crippen LogP contribution in [0.15, 0.2) is 35.1 Å². The Hall–Kier alpha value is -3.66. The molecule has 0 radical (unpaired) electrons. The highest BCUT2D eigenvalue weighted by Crippen LogP contribution is 2.33. The normalized spacial score (nSPS) is 14.4. The van der Waals surface area contributed by atoms with Crippen LogP contribution in [0.4, 0.5) is 4.39 Å². The summed E-state index contributed by atoms with van der Waals surface area (Å²) in [7, 11) is 1.73. The zero-order valence-electron chi connectivity index (χ0n) is 21.6. The Kier molecular flexibility index (Phi) is 7.68. The van der Waals surface area contributed by atoms with Crippen molar-refractivity contribution in [2.45, 2.75) is 52.2 Å². The van der Waals surface area contributed by atoms with Crippen LogP contribution in [0.5, 0.6) is 5.75 Å². The van der Waals surface area contributed by atoms with Gasteiger partial charge in [-0.05, 0) is 63.4 Å². The summed E-state index contributed by atoms with van der Waals surface area (Å²) < 4.78 is 22.9. The van der Waals surface area contributed by atoms with Crippen LogP contribution in [0.1, 0.15) is 49.8 Å². The molecule has 0 atom stereocenters. The number of benzene rings is 1. The Morgan fingerprint density at radius 1 is 1.19 bits per heavy atom. The summed E-state index contributed by atoms with van der Waals surface area (Å²) in [5, 5.41) is 12.4. The maximum Gasteiger partial charge on any atom is 0.272 e. The van der Waals surface area contributed by atoms with Crippen molar-refractivity contribution in [2.75, 3.05) is 19.7 Å². The van der Waals surface area contributed by atoms with Crippen molar-refractivity contribution in [1.82, 2.24) is 19.4 Å². The van der Waals surface area contributed by atoms with Crippen LogP contribution in [0.3, 0.4) is 0 Å². The SMILES string of the molecule is CCc1cc2c(c(OC(C)C)c(C(=O)NC3CCN(C(=O)CO)CC3)n2C)c(=O)n1-c1ccc(F)cc1. The third-order valence-electron chi connectivity index (χ3n) is 6.74. The zero-order valence-corrected chi connectivity index (χ0v) is 21.6. The monoisotopic (exact) mass is 512 g/mol. The fourth-order valence-corrected chi connectivity index (χ4v) is 4.88. The van der Waals surface area contributed by atoms with Crippen LogP contribution in [0.2, 0.25) is 0 Å². The lowest BCUT2D eigenvalue weighted by Crippen LogP contribution is -2.47. The first-order valence-electron chi connectivity index (χ1n) is 12.6. The molecule has 2 amide bonds. The first-order valence-corrected chi connectivity index (χ1v) is 12.6. The molecule has 3 aromatic rings. The number of hydrogen-bond donors (Lipinski definition) is 2. The lowest BCUT2D eigenvalue weighted by atomic mass is 10.0. The van der Waals surface area contributed by atoms with Crippen molar-refractivity contribution in [3.8, 4) is 11.4 Å². The van der Waals surface area contributed by atoms with Crippen LogP contribution in [-0.2, 0) is 18.3 Å². The van der Waals surface area contributed by atoms with Gasteiger partial charge in [-0.3, -0.25) is 19.0 Å². The Morgan fingerprint density at radius 3 is 2.41 bits per heavy atom. The summed E-state index contributed by atoms with van der Waals surface area (Å²) in [6.07, 6.45) is 1.36. The van der Waals surface area contributed by atoms with Crippen LogP contribution < -0.4 is 15.6 Å². The van der Waals surface area contributed by atoms with Crippen molar-refractivity contribution < 1.29 is 23.8 Å². The lowest BCUT2D eigenvalue weighted by molar-refractivity contribution is -0.135. The van der Waals surface area contributed by atoms with E-state index in [1.165, 1.54) is 16.7 Å². The number of ether oxygens (including phenoxy) is 1. The number of aryl methyl sites for hydroxylation is 2. The molecule has 2 N–H and O–H groups in total. The summed E-state index contributed by atoms with van der Waals surface area (Å²) in [4.78, 5) is 40.8. The highest BCUT2D eigenvalue weighted by Gasteiger charge is 2.30. The highest BCUT2D eigenvalue weighted by atomic mass is 19.1. The largest absolute Gasteiger partial charge is 0.488 e. The average Bonchev–Trinajstić information content (AvgIpc) is 3.15. The van der Waals surface area contributed by atoms with E-state index in [0.717, 1.165) is 0 Å². The second kappa shape index (κ2) is 10.8. The Morgan fingerprint density at radius 2 is 1.84 bits per heavy atom. The van der Waals surface area contributed by atoms with E-state index < -0.39 is 12.4 Å². The number of nitrogens with one attached hydrogen (secondary N) is 1. The standard InChI is InChI=1S/C27H33FN4O5/c1-5-19-14-21-23(27(36)32(19)20-8-6-17(28)7-9-20)25(37-16(2)3)24(30(21)4)26(35)29-18-10-12-31(13-11-18)22(34)15-33/h6-9,14,16,18,33H,5,10-13,15H2,1-4H3,(H,29,35). The number of likely N-dealkylation sites (tertiary alicyclic amines) is 1. The van der Waals surface area contributed by atoms with Gasteiger partial charge in [0.25, 0.3) is 11.5 Å². The van der Waals surface area contributed by atoms with Gasteiger partial charge in [-0.1, -0.05) is 6.92 Å². The lowest BCUT2D eigenvalue weighted by Gasteiger charge is -2.32. The molecule has 0 unspecified atom stereocenters. The number of hydrogen-bond acceptors (Lipinski definition) is 5. The third-order valence-corrected chi connectivity index (χ3v) is 6.74. The molecule has 1 saturated heterocycles. The molecule has 0 saturated carbocycles. The van der Waals surface area contributed by atoms with E-state index in [2.05, 4.69) is 5.32 Å². The van der Waals surface area contributed by atoms with Crippen LogP contribution in [0.25, 0.3) is 16.6 Å². The van der Waals surface area contributed by atoms with Crippen LogP contribution in [0, 0.1) is 5.82 Å². The molecule has 3 heterocycles. The van der Waals surface area contributed by atoms with Gasteiger partial charge in [0.2, 0.25) is 5.91 Å². The summed E-state index contributed by atoms with van der Waals surface area (Å²) in [5.41, 5.74) is 1.72. The van der Waals surface area contributed by atoms with Gasteiger partial charge in [-0.25, -0.2) is 4.39 Å². The number of pyridine rings is 1. The number of halogens is 1. The molecule has 2 aromatic heterocycles. The van der Waals surface area contributed by atoms with Gasteiger partial charge in [0.15, 0.2) is 11.4 Å². The Labute approximate surface area is 214 Å². The molecule has 1 fully saturated rings. The third kappa shape index (κ3) is 5.11. The number of piperidine rings is 1. The number of aliphatic hydroxyl groups excluding tert-OH is 1. The van der Waals surface area contributed by atoms with E-state index in [1.54, 1.807) is 28.6 Å². The summed E-state index contributed by atoms with van der Waals surface area (Å²) in [6, 6.07) is 7.41. The molecule has 0 aliphatic carbocycles. The number of rotatable bonds is 7. The van der Waals surface area contributed by atoms with Gasteiger partial charge >= 0.3 is 0 Å². The van der Waals surface area contributed by atoms with Gasteiger partial charge in [0.1, 0.15) is 17.8 Å². The van der Waals surface area contributed by atoms with E-state index >= 15 is 0 Å². The molecule has 37 heavy (non-hydrogen) atoms. The maximum atomic E-state index is 13.9. The maximum absolute atomic E-state index is 13.9. The minimum Gasteiger partial charge on any atom is -0.488 e. The van der Waals surface area contributed by atoms with Crippen molar-refractivity contribution in [2.24, 2.45) is 7.05 Å². The topological polar surface area (TPSA) is 106 Å². The molecule has 1 aliphatic rings. The van der Waals surface area contributed by atoms with Crippen LogP contribution in [-0.4, -0.2) is 62.8 Å². The molecule has 9 nitrogen and oxygen atoms in total. The number of aromatic nitrogens is 2. The smallest absolute Gasteiger partial charge is 0.272 e. The fourth-order valence-electron chi connectivity index (χ4n) is 4.88. The summed E-state index contributed by atoms with van der Waals surface area (Å²) >= 11 is 0. The van der Waals surface area contributed by atoms with E-state index in [9.17, 15) is 18.8 Å². The van der Waals surface area contributed by atoms with Crippen molar-refractivity contribution >= 4 is 22.7 Å². The molecule has 1 aliphatic heterocycles. The van der Waals surface area contributed by atoms with E-state index in [-0.39, 0.29) is 46.3 Å². The van der Waals surface area contributed by atoms with Crippen molar-refractivity contribution in [3.05, 3.63) is 57.9 Å². The minimum atomic E-state index is -0.530. The number of carbonyl (C=O) groups is 2. The minimum absolute atomic E-state index is 0.165. The molecule has 4 rings (SSSR count). The zero-order chi connectivity index (χ0) is 26.9. The second-order valence-electron chi connectivity index (χ2n) is 9.56. The number of carbonyl (C=O) groups excluding carboxylic acids is 2. The van der Waals surface area contributed by atoms with Gasteiger partial charge in [0.05, 0.1) is 11.6 Å². The van der Waals surface area contributed by atoms with Gasteiger partial charge in [-0.2, -0.15) is 0 Å². The average molecular weight is 513 g/mol. The number of fused-ring (bicyclic) bond motifs is 1. The number of aliphatic hydroxyl groups is 1. The first kappa shape index (κ1) is 26.4. The van der Waals surface area contributed by atoms with Gasteiger partial charge in [-0.15, -0.1) is 0 Å². The number of nitrogens with zero attached hydrogens (tertiary/aromatic N) is 3. The predicted molar refractivity (Wildman–Crippen MR) is 138 cm³/mol. The highest BCUT2D eigenvalue weighted by molar-refractivity contribution is 6.04. The first-order chi connectivity index (χ1) is 17.7. The molecule has 10 heteroatoms. The molecule has 1 aromatic carbocycles. The predicted octanol–water partition coefficient (Wildman–Crippen LogP) is 2.53. The summed E-state index contributed by atoms with van der Waals surface area (Å²) in [5.74, 6) is -0.881. The molecule has 198 valence electrons. The van der Waals surface area contributed by atoms with Gasteiger partial charge < -0.3 is 24.6 Å². The molecular weight excluding hydrogens is 479 g/mol. The van der Waals surface area contributed by atoms with E-state index in [4.69, 9.17) is 9.84 Å². The van der Waals surface area contributed by atoms with E-state index in [0.29, 0.717) is 49.2 Å². The summed E-state index contributed by atoms with van der Waals surface area (Å²) in [6.45, 7) is 5.93. The van der Waals surface area contributed by atoms with Gasteiger partial charge in [0, 0.05) is 37.6 Å². The molecular formula is C27H33FN4O5. The molecule has 0 bridgehead atoms. The Bertz CT molecular complexity index is 1370. The van der Waals surface area contributed by atoms with Crippen molar-refractivity contribution in [3.63, 3.8) is 0 Å². The quantitative estimate of drug-likeness (QED) is 0.506.